The Morgan fingerprint density at radius 1 is 1.50 bits per heavy atom. The molecule has 1 aliphatic heterocycles. The minimum atomic E-state index is -2.90. The molecule has 1 atom stereocenters. The van der Waals surface area contributed by atoms with E-state index in [-0.39, 0.29) is 17.5 Å². The summed E-state index contributed by atoms with van der Waals surface area (Å²) in [6, 6.07) is 1.95. The van der Waals surface area contributed by atoms with Gasteiger partial charge in [-0.3, -0.25) is 9.69 Å². The van der Waals surface area contributed by atoms with Gasteiger partial charge in [0.05, 0.1) is 10.6 Å². The van der Waals surface area contributed by atoms with Gasteiger partial charge in [0.15, 0.2) is 5.78 Å². The molecule has 0 spiro atoms. The van der Waals surface area contributed by atoms with Crippen LogP contribution in [0.2, 0.25) is 0 Å². The topological polar surface area (TPSA) is 54.5 Å². The Labute approximate surface area is 124 Å². The molecule has 0 aromatic carbocycles. The Balaban J connectivity index is 1.93. The molecule has 1 aromatic heterocycles. The molecular formula is C14H21NO3S2. The van der Waals surface area contributed by atoms with E-state index in [4.69, 9.17) is 0 Å². The molecule has 2 heterocycles. The number of sulfone groups is 1. The summed E-state index contributed by atoms with van der Waals surface area (Å²) in [6.07, 6.45) is 3.35. The highest BCUT2D eigenvalue weighted by Gasteiger charge is 2.23. The lowest BCUT2D eigenvalue weighted by Crippen LogP contribution is -2.37. The zero-order valence-corrected chi connectivity index (χ0v) is 13.6. The fraction of sp³-hybridized carbons (Fsp3) is 0.643. The predicted octanol–water partition coefficient (Wildman–Crippen LogP) is 2.21. The lowest BCUT2D eigenvalue weighted by atomic mass is 10.00. The van der Waals surface area contributed by atoms with E-state index < -0.39 is 9.84 Å². The molecule has 1 aliphatic rings. The lowest BCUT2D eigenvalue weighted by Gasteiger charge is -2.32. The smallest absolute Gasteiger partial charge is 0.169 e. The van der Waals surface area contributed by atoms with Crippen LogP contribution in [0, 0.1) is 5.92 Å². The second kappa shape index (κ2) is 6.37. The van der Waals surface area contributed by atoms with Crippen molar-refractivity contribution in [1.29, 1.82) is 0 Å². The third-order valence-electron chi connectivity index (χ3n) is 3.55. The van der Waals surface area contributed by atoms with E-state index in [1.807, 2.05) is 11.4 Å². The van der Waals surface area contributed by atoms with Gasteiger partial charge in [0.25, 0.3) is 0 Å². The van der Waals surface area contributed by atoms with Crippen molar-refractivity contribution < 1.29 is 13.2 Å². The van der Waals surface area contributed by atoms with Crippen LogP contribution in [0.4, 0.5) is 0 Å². The second-order valence-electron chi connectivity index (χ2n) is 5.71. The van der Waals surface area contributed by atoms with Gasteiger partial charge in [0.1, 0.15) is 9.84 Å². The zero-order chi connectivity index (χ0) is 14.8. The molecule has 0 aliphatic carbocycles. The molecular weight excluding hydrogens is 294 g/mol. The van der Waals surface area contributed by atoms with Gasteiger partial charge in [-0.25, -0.2) is 8.42 Å². The highest BCUT2D eigenvalue weighted by molar-refractivity contribution is 7.90. The van der Waals surface area contributed by atoms with Crippen molar-refractivity contribution in [2.24, 2.45) is 5.92 Å². The van der Waals surface area contributed by atoms with Crippen LogP contribution in [0.5, 0.6) is 0 Å². The monoisotopic (exact) mass is 315 g/mol. The molecule has 20 heavy (non-hydrogen) atoms. The summed E-state index contributed by atoms with van der Waals surface area (Å²) in [5.41, 5.74) is 1.15. The summed E-state index contributed by atoms with van der Waals surface area (Å²) in [5.74, 6) is 0.630. The van der Waals surface area contributed by atoms with E-state index in [1.54, 1.807) is 6.92 Å². The molecule has 1 fully saturated rings. The van der Waals surface area contributed by atoms with Crippen molar-refractivity contribution in [3.63, 3.8) is 0 Å². The molecule has 2 rings (SSSR count). The largest absolute Gasteiger partial charge is 0.299 e. The first-order valence-corrected chi connectivity index (χ1v) is 9.76. The molecule has 0 N–H and O–H groups in total. The van der Waals surface area contributed by atoms with Gasteiger partial charge in [-0.05, 0) is 49.2 Å². The maximum atomic E-state index is 11.4. The van der Waals surface area contributed by atoms with E-state index in [2.05, 4.69) is 4.90 Å². The first kappa shape index (κ1) is 15.7. The van der Waals surface area contributed by atoms with Gasteiger partial charge in [-0.2, -0.15) is 0 Å². The van der Waals surface area contributed by atoms with Gasteiger partial charge in [0, 0.05) is 19.3 Å². The number of ketones is 1. The SMILES string of the molecule is CC(=O)c1cc(CN2CCCC(CS(C)(=O)=O)C2)cs1. The molecule has 4 nitrogen and oxygen atoms in total. The third-order valence-corrected chi connectivity index (χ3v) is 5.71. The number of rotatable bonds is 5. The molecule has 112 valence electrons. The molecule has 1 unspecified atom stereocenters. The zero-order valence-electron chi connectivity index (χ0n) is 12.0. The standard InChI is InChI=1S/C14H21NO3S2/c1-11(16)14-6-13(9-19-14)8-15-5-3-4-12(7-15)10-20(2,17)18/h6,9,12H,3-5,7-8,10H2,1-2H3. The fourth-order valence-corrected chi connectivity index (χ4v) is 4.70. The Morgan fingerprint density at radius 2 is 2.25 bits per heavy atom. The summed E-state index contributed by atoms with van der Waals surface area (Å²) in [5, 5.41) is 2.02. The quantitative estimate of drug-likeness (QED) is 0.782. The van der Waals surface area contributed by atoms with E-state index in [0.29, 0.717) is 0 Å². The Kier molecular flexibility index (Phi) is 4.99. The molecule has 0 radical (unpaired) electrons. The third kappa shape index (κ3) is 4.68. The Hall–Kier alpha value is -0.720. The number of piperidine rings is 1. The lowest BCUT2D eigenvalue weighted by molar-refractivity contribution is 0.102. The van der Waals surface area contributed by atoms with E-state index in [1.165, 1.54) is 17.6 Å². The number of likely N-dealkylation sites (tertiary alicyclic amines) is 1. The van der Waals surface area contributed by atoms with Crippen LogP contribution < -0.4 is 0 Å². The van der Waals surface area contributed by atoms with E-state index in [9.17, 15) is 13.2 Å². The average Bonchev–Trinajstić information content (AvgIpc) is 2.75. The van der Waals surface area contributed by atoms with Crippen molar-refractivity contribution in [2.45, 2.75) is 26.3 Å². The van der Waals surface area contributed by atoms with Crippen LogP contribution in [-0.2, 0) is 16.4 Å². The van der Waals surface area contributed by atoms with Crippen molar-refractivity contribution in [2.75, 3.05) is 25.1 Å². The van der Waals surface area contributed by atoms with E-state index in [0.717, 1.165) is 42.9 Å². The fourth-order valence-electron chi connectivity index (χ4n) is 2.76. The molecule has 6 heteroatoms. The number of Topliss-reactive ketones (excluding diaryl/α,β-unsaturated/α-hetero) is 1. The van der Waals surface area contributed by atoms with Gasteiger partial charge in [0.2, 0.25) is 0 Å². The number of hydrogen-bond donors (Lipinski definition) is 0. The number of thiophene rings is 1. The number of hydrogen-bond acceptors (Lipinski definition) is 5. The molecule has 1 saturated heterocycles. The van der Waals surface area contributed by atoms with Crippen LogP contribution >= 0.6 is 11.3 Å². The first-order chi connectivity index (χ1) is 9.33. The molecule has 0 amide bonds. The van der Waals surface area contributed by atoms with Gasteiger partial charge in [-0.1, -0.05) is 0 Å². The van der Waals surface area contributed by atoms with Crippen molar-refractivity contribution >= 4 is 27.0 Å². The highest BCUT2D eigenvalue weighted by Crippen LogP contribution is 2.22. The summed E-state index contributed by atoms with van der Waals surface area (Å²) in [7, 11) is -2.90. The minimum absolute atomic E-state index is 0.106. The summed E-state index contributed by atoms with van der Waals surface area (Å²) in [6.45, 7) is 4.23. The maximum absolute atomic E-state index is 11.4. The first-order valence-electron chi connectivity index (χ1n) is 6.82. The van der Waals surface area contributed by atoms with Crippen LogP contribution in [0.3, 0.4) is 0 Å². The van der Waals surface area contributed by atoms with E-state index >= 15 is 0 Å². The van der Waals surface area contributed by atoms with Crippen LogP contribution in [-0.4, -0.2) is 44.2 Å². The van der Waals surface area contributed by atoms with Crippen LogP contribution in [0.15, 0.2) is 11.4 Å². The summed E-state index contributed by atoms with van der Waals surface area (Å²) < 4.78 is 22.8. The number of nitrogens with zero attached hydrogens (tertiary/aromatic N) is 1. The van der Waals surface area contributed by atoms with Gasteiger partial charge >= 0.3 is 0 Å². The van der Waals surface area contributed by atoms with Gasteiger partial charge < -0.3 is 0 Å². The van der Waals surface area contributed by atoms with Crippen molar-refractivity contribution in [3.05, 3.63) is 21.9 Å². The van der Waals surface area contributed by atoms with Crippen molar-refractivity contribution in [3.8, 4) is 0 Å². The average molecular weight is 315 g/mol. The van der Waals surface area contributed by atoms with Crippen LogP contribution in [0.25, 0.3) is 0 Å². The number of carbonyl (C=O) groups is 1. The summed E-state index contributed by atoms with van der Waals surface area (Å²) >= 11 is 1.48. The van der Waals surface area contributed by atoms with Crippen LogP contribution in [0.1, 0.15) is 35.0 Å². The van der Waals surface area contributed by atoms with Crippen molar-refractivity contribution in [1.82, 2.24) is 4.90 Å². The molecule has 1 aromatic rings. The Morgan fingerprint density at radius 3 is 2.85 bits per heavy atom. The molecule has 0 bridgehead atoms. The highest BCUT2D eigenvalue weighted by atomic mass is 32.2. The Bertz CT molecular complexity index is 577. The maximum Gasteiger partial charge on any atom is 0.169 e. The number of carbonyl (C=O) groups excluding carboxylic acids is 1. The summed E-state index contributed by atoms with van der Waals surface area (Å²) in [4.78, 5) is 14.4. The second-order valence-corrected chi connectivity index (χ2v) is 8.81. The minimum Gasteiger partial charge on any atom is -0.299 e. The predicted molar refractivity (Wildman–Crippen MR) is 82.0 cm³/mol. The normalized spacial score (nSPS) is 21.0. The van der Waals surface area contributed by atoms with Gasteiger partial charge in [-0.15, -0.1) is 11.3 Å². The molecule has 0 saturated carbocycles.